The van der Waals surface area contributed by atoms with E-state index in [0.717, 1.165) is 5.56 Å². The first kappa shape index (κ1) is 13.0. The normalized spacial score (nSPS) is 10.2. The van der Waals surface area contributed by atoms with Crippen molar-refractivity contribution in [3.63, 3.8) is 0 Å². The van der Waals surface area contributed by atoms with Gasteiger partial charge in [0.25, 0.3) is 0 Å². The summed E-state index contributed by atoms with van der Waals surface area (Å²) in [4.78, 5) is 22.4. The van der Waals surface area contributed by atoms with Gasteiger partial charge in [0.2, 0.25) is 11.8 Å². The predicted octanol–water partition coefficient (Wildman–Crippen LogP) is 1.49. The Morgan fingerprint density at radius 2 is 1.88 bits per heavy atom. The van der Waals surface area contributed by atoms with Gasteiger partial charge in [-0.1, -0.05) is 18.2 Å². The van der Waals surface area contributed by atoms with Gasteiger partial charge in [-0.3, -0.25) is 9.59 Å². The highest BCUT2D eigenvalue weighted by atomic mass is 16.2. The highest BCUT2D eigenvalue weighted by molar-refractivity contribution is 5.99. The molecule has 17 heavy (non-hydrogen) atoms. The van der Waals surface area contributed by atoms with Crippen LogP contribution in [0, 0.1) is 0 Å². The molecule has 0 aliphatic heterocycles. The molecule has 0 spiro atoms. The molecule has 4 nitrogen and oxygen atoms in total. The van der Waals surface area contributed by atoms with Gasteiger partial charge < -0.3 is 10.6 Å². The molecule has 0 atom stereocenters. The number of nitrogens with one attached hydrogen (secondary N) is 2. The second kappa shape index (κ2) is 6.48. The summed E-state index contributed by atoms with van der Waals surface area (Å²) in [6.45, 7) is 1.78. The lowest BCUT2D eigenvalue weighted by molar-refractivity contribution is -0.120. The topological polar surface area (TPSA) is 58.2 Å². The fourth-order valence-electron chi connectivity index (χ4n) is 1.32. The Bertz CT molecular complexity index is 422. The fourth-order valence-corrected chi connectivity index (χ4v) is 1.32. The predicted molar refractivity (Wildman–Crippen MR) is 67.7 cm³/mol. The van der Waals surface area contributed by atoms with Gasteiger partial charge in [0.15, 0.2) is 0 Å². The number of carbonyl (C=O) groups excluding carboxylic acids is 2. The molecule has 1 aromatic carbocycles. The third-order valence-corrected chi connectivity index (χ3v) is 2.18. The third kappa shape index (κ3) is 4.51. The number of likely N-dealkylation sites (N-methyl/N-ethyl adjacent to an activating group) is 1. The minimum atomic E-state index is -0.161. The van der Waals surface area contributed by atoms with Crippen molar-refractivity contribution in [2.24, 2.45) is 0 Å². The molecule has 0 aliphatic carbocycles. The number of benzene rings is 1. The Hall–Kier alpha value is -2.10. The molecule has 90 valence electrons. The van der Waals surface area contributed by atoms with Gasteiger partial charge in [-0.25, -0.2) is 0 Å². The number of anilines is 1. The molecular formula is C13H16N2O2. The van der Waals surface area contributed by atoms with Crippen molar-refractivity contribution in [1.82, 2.24) is 5.32 Å². The number of amides is 2. The zero-order chi connectivity index (χ0) is 12.7. The first-order valence-corrected chi connectivity index (χ1v) is 5.39. The van der Waals surface area contributed by atoms with Crippen molar-refractivity contribution in [1.29, 1.82) is 0 Å². The van der Waals surface area contributed by atoms with Crippen LogP contribution in [0.1, 0.15) is 12.5 Å². The van der Waals surface area contributed by atoms with Crippen LogP contribution in [0.2, 0.25) is 0 Å². The van der Waals surface area contributed by atoms with Crippen LogP contribution in [-0.2, 0) is 16.0 Å². The summed E-state index contributed by atoms with van der Waals surface area (Å²) in [5.74, 6) is -0.192. The second-order valence-electron chi connectivity index (χ2n) is 3.54. The summed E-state index contributed by atoms with van der Waals surface area (Å²) in [6, 6.07) is 7.19. The lowest BCUT2D eigenvalue weighted by atomic mass is 10.1. The molecule has 0 unspecified atom stereocenters. The Morgan fingerprint density at radius 1 is 1.24 bits per heavy atom. The van der Waals surface area contributed by atoms with Crippen molar-refractivity contribution in [2.75, 3.05) is 12.4 Å². The summed E-state index contributed by atoms with van der Waals surface area (Å²) in [7, 11) is 1.61. The maximum absolute atomic E-state index is 11.3. The molecule has 2 N–H and O–H groups in total. The molecule has 4 heteroatoms. The Labute approximate surface area is 101 Å². The summed E-state index contributed by atoms with van der Waals surface area (Å²) in [5, 5.41) is 5.27. The molecule has 0 aliphatic rings. The maximum Gasteiger partial charge on any atom is 0.248 e. The van der Waals surface area contributed by atoms with E-state index in [2.05, 4.69) is 10.6 Å². The lowest BCUT2D eigenvalue weighted by Gasteiger charge is -2.04. The van der Waals surface area contributed by atoms with Crippen LogP contribution < -0.4 is 10.6 Å². The molecule has 0 saturated heterocycles. The second-order valence-corrected chi connectivity index (χ2v) is 3.54. The van der Waals surface area contributed by atoms with E-state index in [9.17, 15) is 9.59 Å². The Balaban J connectivity index is 2.61. The first-order valence-electron chi connectivity index (χ1n) is 5.39. The average molecular weight is 232 g/mol. The molecule has 1 rings (SSSR count). The van der Waals surface area contributed by atoms with E-state index < -0.39 is 0 Å². The van der Waals surface area contributed by atoms with E-state index in [1.807, 2.05) is 12.1 Å². The standard InChI is InChI=1S/C13H16N2O2/c1-3-4-12(16)15-11-7-5-10(6-8-11)9-13(17)14-2/h3-8H,9H2,1-2H3,(H,14,17)(H,15,16). The van der Waals surface area contributed by atoms with Gasteiger partial charge in [-0.15, -0.1) is 0 Å². The van der Waals surface area contributed by atoms with Crippen molar-refractivity contribution < 1.29 is 9.59 Å². The molecule has 0 radical (unpaired) electrons. The summed E-state index contributed by atoms with van der Waals surface area (Å²) in [5.41, 5.74) is 1.63. The number of allylic oxidation sites excluding steroid dienone is 1. The SMILES string of the molecule is CC=CC(=O)Nc1ccc(CC(=O)NC)cc1. The van der Waals surface area contributed by atoms with Crippen LogP contribution in [0.25, 0.3) is 0 Å². The van der Waals surface area contributed by atoms with Crippen molar-refractivity contribution >= 4 is 17.5 Å². The zero-order valence-corrected chi connectivity index (χ0v) is 9.99. The van der Waals surface area contributed by atoms with E-state index in [1.54, 1.807) is 32.2 Å². The fraction of sp³-hybridized carbons (Fsp3) is 0.231. The van der Waals surface area contributed by atoms with Gasteiger partial charge in [0.05, 0.1) is 6.42 Å². The van der Waals surface area contributed by atoms with E-state index in [0.29, 0.717) is 12.1 Å². The van der Waals surface area contributed by atoms with Crippen molar-refractivity contribution in [2.45, 2.75) is 13.3 Å². The number of hydrogen-bond acceptors (Lipinski definition) is 2. The van der Waals surface area contributed by atoms with Crippen LogP contribution in [-0.4, -0.2) is 18.9 Å². The number of rotatable bonds is 4. The van der Waals surface area contributed by atoms with Crippen LogP contribution in [0.15, 0.2) is 36.4 Å². The van der Waals surface area contributed by atoms with Crippen LogP contribution in [0.5, 0.6) is 0 Å². The molecule has 0 saturated carbocycles. The van der Waals surface area contributed by atoms with Crippen LogP contribution >= 0.6 is 0 Å². The largest absolute Gasteiger partial charge is 0.359 e. The zero-order valence-electron chi connectivity index (χ0n) is 9.99. The Morgan fingerprint density at radius 3 is 2.41 bits per heavy atom. The van der Waals surface area contributed by atoms with Gasteiger partial charge in [-0.2, -0.15) is 0 Å². The molecule has 0 aromatic heterocycles. The van der Waals surface area contributed by atoms with E-state index in [-0.39, 0.29) is 11.8 Å². The quantitative estimate of drug-likeness (QED) is 0.773. The minimum Gasteiger partial charge on any atom is -0.359 e. The maximum atomic E-state index is 11.3. The Kier molecular flexibility index (Phi) is 4.94. The monoisotopic (exact) mass is 232 g/mol. The summed E-state index contributed by atoms with van der Waals surface area (Å²) >= 11 is 0. The number of hydrogen-bond donors (Lipinski definition) is 2. The molecule has 1 aromatic rings. The van der Waals surface area contributed by atoms with Crippen LogP contribution in [0.4, 0.5) is 5.69 Å². The minimum absolute atomic E-state index is 0.0318. The van der Waals surface area contributed by atoms with Crippen LogP contribution in [0.3, 0.4) is 0 Å². The van der Waals surface area contributed by atoms with E-state index in [4.69, 9.17) is 0 Å². The molecule has 2 amide bonds. The average Bonchev–Trinajstić information content (AvgIpc) is 2.32. The lowest BCUT2D eigenvalue weighted by Crippen LogP contribution is -2.19. The summed E-state index contributed by atoms with van der Waals surface area (Å²) < 4.78 is 0. The van der Waals surface area contributed by atoms with Gasteiger partial charge in [0, 0.05) is 12.7 Å². The molecule has 0 fully saturated rings. The van der Waals surface area contributed by atoms with Crippen molar-refractivity contribution in [3.8, 4) is 0 Å². The van der Waals surface area contributed by atoms with E-state index in [1.165, 1.54) is 6.08 Å². The van der Waals surface area contributed by atoms with E-state index >= 15 is 0 Å². The summed E-state index contributed by atoms with van der Waals surface area (Å²) in [6.07, 6.45) is 3.48. The smallest absolute Gasteiger partial charge is 0.248 e. The van der Waals surface area contributed by atoms with Crippen molar-refractivity contribution in [3.05, 3.63) is 42.0 Å². The highest BCUT2D eigenvalue weighted by Gasteiger charge is 2.01. The molecule has 0 heterocycles. The van der Waals surface area contributed by atoms with Gasteiger partial charge in [0.1, 0.15) is 0 Å². The number of carbonyl (C=O) groups is 2. The van der Waals surface area contributed by atoms with Gasteiger partial charge in [-0.05, 0) is 30.7 Å². The first-order chi connectivity index (χ1) is 8.15. The third-order valence-electron chi connectivity index (χ3n) is 2.18. The van der Waals surface area contributed by atoms with Gasteiger partial charge >= 0.3 is 0 Å². The highest BCUT2D eigenvalue weighted by Crippen LogP contribution is 2.10. The molecular weight excluding hydrogens is 216 g/mol. The molecule has 0 bridgehead atoms.